The fourth-order valence-corrected chi connectivity index (χ4v) is 2.55. The number of piperazine rings is 1. The van der Waals surface area contributed by atoms with E-state index >= 15 is 0 Å². The Kier molecular flexibility index (Phi) is 4.40. The van der Waals surface area contributed by atoms with Crippen LogP contribution in [0.2, 0.25) is 0 Å². The summed E-state index contributed by atoms with van der Waals surface area (Å²) in [5.41, 5.74) is 0.682. The highest BCUT2D eigenvalue weighted by atomic mass is 16.4. The second-order valence-corrected chi connectivity index (χ2v) is 7.09. The fourth-order valence-electron chi connectivity index (χ4n) is 2.55. The summed E-state index contributed by atoms with van der Waals surface area (Å²) in [6.45, 7) is 11.4. The van der Waals surface area contributed by atoms with Gasteiger partial charge in [-0.1, -0.05) is 20.8 Å². The second kappa shape index (κ2) is 6.35. The van der Waals surface area contributed by atoms with Gasteiger partial charge in [-0.3, -0.25) is 9.69 Å². The zero-order valence-electron chi connectivity index (χ0n) is 14.6. The first-order chi connectivity index (χ1) is 11.3. The first kappa shape index (κ1) is 16.6. The Morgan fingerprint density at radius 1 is 1.21 bits per heavy atom. The molecule has 130 valence electrons. The van der Waals surface area contributed by atoms with Crippen LogP contribution in [0.15, 0.2) is 15.2 Å². The minimum absolute atomic E-state index is 0.0701. The van der Waals surface area contributed by atoms with Crippen molar-refractivity contribution in [2.24, 2.45) is 0 Å². The Balaban J connectivity index is 1.57. The normalized spacial score (nSPS) is 16.6. The van der Waals surface area contributed by atoms with E-state index in [2.05, 4.69) is 20.1 Å². The number of carbonyl (C=O) groups is 1. The van der Waals surface area contributed by atoms with Gasteiger partial charge in [-0.2, -0.15) is 0 Å². The van der Waals surface area contributed by atoms with E-state index in [0.29, 0.717) is 19.0 Å². The minimum atomic E-state index is -0.264. The number of nitrogens with zero attached hydrogens (tertiary/aromatic N) is 5. The lowest BCUT2D eigenvalue weighted by molar-refractivity contribution is 0.0585. The Hall–Kier alpha value is -2.22. The first-order valence-corrected chi connectivity index (χ1v) is 8.09. The summed E-state index contributed by atoms with van der Waals surface area (Å²) in [5.74, 6) is 1.19. The third-order valence-corrected chi connectivity index (χ3v) is 4.13. The van der Waals surface area contributed by atoms with Crippen molar-refractivity contribution in [2.45, 2.75) is 39.7 Å². The monoisotopic (exact) mass is 333 g/mol. The number of aryl methyl sites for hydroxylation is 1. The van der Waals surface area contributed by atoms with E-state index in [0.717, 1.165) is 31.1 Å². The van der Waals surface area contributed by atoms with Crippen LogP contribution in [0.1, 0.15) is 48.8 Å². The van der Waals surface area contributed by atoms with Crippen LogP contribution in [0.3, 0.4) is 0 Å². The summed E-state index contributed by atoms with van der Waals surface area (Å²) in [7, 11) is 0. The van der Waals surface area contributed by atoms with E-state index in [9.17, 15) is 4.79 Å². The van der Waals surface area contributed by atoms with Crippen molar-refractivity contribution in [3.05, 3.63) is 29.6 Å². The van der Waals surface area contributed by atoms with Crippen LogP contribution >= 0.6 is 0 Å². The quantitative estimate of drug-likeness (QED) is 0.843. The van der Waals surface area contributed by atoms with Crippen LogP contribution in [0.4, 0.5) is 0 Å². The molecule has 0 radical (unpaired) electrons. The van der Waals surface area contributed by atoms with Crippen LogP contribution in [0.5, 0.6) is 0 Å². The zero-order valence-corrected chi connectivity index (χ0v) is 14.6. The molecule has 1 saturated heterocycles. The van der Waals surface area contributed by atoms with Crippen molar-refractivity contribution in [3.63, 3.8) is 0 Å². The van der Waals surface area contributed by atoms with Crippen molar-refractivity contribution < 1.29 is 13.6 Å². The zero-order chi connectivity index (χ0) is 17.3. The molecular formula is C16H23N5O3. The summed E-state index contributed by atoms with van der Waals surface area (Å²) in [6.07, 6.45) is 1.47. The molecule has 0 saturated carbocycles. The maximum atomic E-state index is 12.5. The summed E-state index contributed by atoms with van der Waals surface area (Å²) in [6, 6.07) is 0. The van der Waals surface area contributed by atoms with Gasteiger partial charge in [0, 0.05) is 38.1 Å². The Morgan fingerprint density at radius 3 is 2.46 bits per heavy atom. The van der Waals surface area contributed by atoms with E-state index in [1.165, 1.54) is 6.39 Å². The molecule has 3 rings (SSSR count). The smallest absolute Gasteiger partial charge is 0.311 e. The molecule has 1 aliphatic rings. The van der Waals surface area contributed by atoms with Crippen LogP contribution in [0, 0.1) is 6.92 Å². The Morgan fingerprint density at radius 2 is 1.92 bits per heavy atom. The molecule has 0 aliphatic carbocycles. The number of hydrogen-bond acceptors (Lipinski definition) is 7. The highest BCUT2D eigenvalue weighted by molar-refractivity contribution is 5.89. The van der Waals surface area contributed by atoms with Gasteiger partial charge in [0.2, 0.25) is 5.89 Å². The minimum Gasteiger partial charge on any atom is -0.448 e. The molecule has 8 nitrogen and oxygen atoms in total. The van der Waals surface area contributed by atoms with Gasteiger partial charge >= 0.3 is 11.8 Å². The number of carbonyl (C=O) groups excluding carboxylic acids is 1. The van der Waals surface area contributed by atoms with Gasteiger partial charge < -0.3 is 13.7 Å². The van der Waals surface area contributed by atoms with Crippen molar-refractivity contribution in [3.8, 4) is 0 Å². The molecule has 1 fully saturated rings. The molecule has 0 N–H and O–H groups in total. The van der Waals surface area contributed by atoms with Crippen LogP contribution in [0.25, 0.3) is 0 Å². The molecule has 0 spiro atoms. The Labute approximate surface area is 140 Å². The van der Waals surface area contributed by atoms with Crippen LogP contribution in [-0.2, 0) is 12.0 Å². The number of rotatable bonds is 3. The molecule has 2 aromatic heterocycles. The van der Waals surface area contributed by atoms with Gasteiger partial charge in [0.1, 0.15) is 5.76 Å². The molecule has 0 atom stereocenters. The largest absolute Gasteiger partial charge is 0.448 e. The highest BCUT2D eigenvalue weighted by Gasteiger charge is 2.29. The molecule has 24 heavy (non-hydrogen) atoms. The third-order valence-electron chi connectivity index (χ3n) is 4.13. The number of amides is 1. The van der Waals surface area contributed by atoms with E-state index < -0.39 is 0 Å². The van der Waals surface area contributed by atoms with Gasteiger partial charge in [0.15, 0.2) is 6.39 Å². The molecule has 0 unspecified atom stereocenters. The van der Waals surface area contributed by atoms with Crippen LogP contribution < -0.4 is 0 Å². The van der Waals surface area contributed by atoms with E-state index in [1.807, 2.05) is 27.7 Å². The molecule has 8 heteroatoms. The van der Waals surface area contributed by atoms with E-state index in [4.69, 9.17) is 8.83 Å². The van der Waals surface area contributed by atoms with E-state index in [-0.39, 0.29) is 17.2 Å². The topological polar surface area (TPSA) is 88.5 Å². The summed E-state index contributed by atoms with van der Waals surface area (Å²) in [4.78, 5) is 20.7. The third kappa shape index (κ3) is 3.48. The van der Waals surface area contributed by atoms with Gasteiger partial charge in [0.05, 0.1) is 5.69 Å². The number of aromatic nitrogens is 3. The lowest BCUT2D eigenvalue weighted by Gasteiger charge is -2.33. The average molecular weight is 333 g/mol. The standard InChI is InChI=1S/C16H23N5O3/c1-11-12(17-10-23-11)9-20-5-7-21(8-6-20)14(22)13-18-19-15(24-13)16(2,3)4/h10H,5-9H2,1-4H3. The molecule has 1 aliphatic heterocycles. The average Bonchev–Trinajstić information content (AvgIpc) is 3.17. The maximum absolute atomic E-state index is 12.5. The predicted molar refractivity (Wildman–Crippen MR) is 85.4 cm³/mol. The maximum Gasteiger partial charge on any atom is 0.311 e. The number of hydrogen-bond donors (Lipinski definition) is 0. The molecular weight excluding hydrogens is 310 g/mol. The number of oxazole rings is 1. The van der Waals surface area contributed by atoms with Crippen molar-refractivity contribution >= 4 is 5.91 Å². The fraction of sp³-hybridized carbons (Fsp3) is 0.625. The molecule has 0 bridgehead atoms. The van der Waals surface area contributed by atoms with Crippen LogP contribution in [-0.4, -0.2) is 57.1 Å². The second-order valence-electron chi connectivity index (χ2n) is 7.09. The van der Waals surface area contributed by atoms with Gasteiger partial charge in [-0.25, -0.2) is 4.98 Å². The van der Waals surface area contributed by atoms with Gasteiger partial charge in [0.25, 0.3) is 0 Å². The summed E-state index contributed by atoms with van der Waals surface area (Å²) >= 11 is 0. The Bertz CT molecular complexity index is 707. The first-order valence-electron chi connectivity index (χ1n) is 8.09. The lowest BCUT2D eigenvalue weighted by Crippen LogP contribution is -2.48. The summed E-state index contributed by atoms with van der Waals surface area (Å²) in [5, 5.41) is 7.89. The molecule has 0 aromatic carbocycles. The SMILES string of the molecule is Cc1ocnc1CN1CCN(C(=O)c2nnc(C(C)(C)C)o2)CC1. The predicted octanol–water partition coefficient (Wildman–Crippen LogP) is 1.62. The highest BCUT2D eigenvalue weighted by Crippen LogP contribution is 2.21. The van der Waals surface area contributed by atoms with Gasteiger partial charge in [-0.05, 0) is 6.92 Å². The molecule has 1 amide bonds. The molecule has 3 heterocycles. The van der Waals surface area contributed by atoms with E-state index in [1.54, 1.807) is 4.90 Å². The summed E-state index contributed by atoms with van der Waals surface area (Å²) < 4.78 is 10.8. The van der Waals surface area contributed by atoms with Crippen molar-refractivity contribution in [2.75, 3.05) is 26.2 Å². The van der Waals surface area contributed by atoms with Crippen molar-refractivity contribution in [1.82, 2.24) is 25.0 Å². The van der Waals surface area contributed by atoms with Crippen molar-refractivity contribution in [1.29, 1.82) is 0 Å². The lowest BCUT2D eigenvalue weighted by atomic mass is 9.97. The molecule has 2 aromatic rings. The van der Waals surface area contributed by atoms with Gasteiger partial charge in [-0.15, -0.1) is 10.2 Å².